The predicted octanol–water partition coefficient (Wildman–Crippen LogP) is 0.491. The third kappa shape index (κ3) is 2.08. The van der Waals surface area contributed by atoms with Crippen molar-refractivity contribution >= 4 is 28.4 Å². The van der Waals surface area contributed by atoms with Crippen LogP contribution in [-0.2, 0) is 0 Å². The van der Waals surface area contributed by atoms with Crippen LogP contribution in [0.5, 0.6) is 0 Å². The average Bonchev–Trinajstić information content (AvgIpc) is 2.20. The Kier molecular flexibility index (Phi) is 2.94. The molecule has 2 rings (SSSR count). The van der Waals surface area contributed by atoms with Crippen molar-refractivity contribution in [3.05, 3.63) is 16.1 Å². The maximum absolute atomic E-state index is 4.28. The van der Waals surface area contributed by atoms with Gasteiger partial charge in [0.1, 0.15) is 12.1 Å². The van der Waals surface area contributed by atoms with E-state index in [1.165, 1.54) is 0 Å². The standard InChI is InChI=1S/C8H11IN4/c9-7-5-11-6-12-8(7)13-3-1-10-2-4-13/h5-6,10H,1-4H2. The van der Waals surface area contributed by atoms with Crippen molar-refractivity contribution < 1.29 is 0 Å². The summed E-state index contributed by atoms with van der Waals surface area (Å²) in [4.78, 5) is 10.6. The van der Waals surface area contributed by atoms with E-state index in [-0.39, 0.29) is 0 Å². The molecule has 5 heteroatoms. The SMILES string of the molecule is Ic1cncnc1N1CCNCC1. The zero-order valence-corrected chi connectivity index (χ0v) is 9.36. The molecule has 0 bridgehead atoms. The Morgan fingerprint density at radius 2 is 2.15 bits per heavy atom. The summed E-state index contributed by atoms with van der Waals surface area (Å²) in [6.45, 7) is 4.15. The highest BCUT2D eigenvalue weighted by Crippen LogP contribution is 2.17. The van der Waals surface area contributed by atoms with Crippen molar-refractivity contribution in [2.75, 3.05) is 31.1 Å². The first-order valence-electron chi connectivity index (χ1n) is 4.29. The lowest BCUT2D eigenvalue weighted by Crippen LogP contribution is -2.44. The lowest BCUT2D eigenvalue weighted by molar-refractivity contribution is 0.583. The summed E-state index contributed by atoms with van der Waals surface area (Å²) < 4.78 is 1.13. The Bertz CT molecular complexity index is 285. The number of nitrogens with zero attached hydrogens (tertiary/aromatic N) is 3. The summed E-state index contributed by atoms with van der Waals surface area (Å²) in [6, 6.07) is 0. The van der Waals surface area contributed by atoms with Gasteiger partial charge in [-0.05, 0) is 22.6 Å². The van der Waals surface area contributed by atoms with Crippen molar-refractivity contribution in [2.45, 2.75) is 0 Å². The van der Waals surface area contributed by atoms with Gasteiger partial charge in [-0.2, -0.15) is 0 Å². The highest BCUT2D eigenvalue weighted by atomic mass is 127. The van der Waals surface area contributed by atoms with E-state index in [4.69, 9.17) is 0 Å². The van der Waals surface area contributed by atoms with Crippen LogP contribution < -0.4 is 10.2 Å². The van der Waals surface area contributed by atoms with Crippen LogP contribution in [0.4, 0.5) is 5.82 Å². The summed E-state index contributed by atoms with van der Waals surface area (Å²) >= 11 is 2.28. The van der Waals surface area contributed by atoms with E-state index in [2.05, 4.69) is 42.8 Å². The van der Waals surface area contributed by atoms with Gasteiger partial charge in [0.25, 0.3) is 0 Å². The molecule has 1 aliphatic rings. The molecule has 0 amide bonds. The van der Waals surface area contributed by atoms with Crippen molar-refractivity contribution in [3.8, 4) is 0 Å². The van der Waals surface area contributed by atoms with Gasteiger partial charge < -0.3 is 10.2 Å². The van der Waals surface area contributed by atoms with Crippen LogP contribution >= 0.6 is 22.6 Å². The van der Waals surface area contributed by atoms with Crippen LogP contribution in [0.1, 0.15) is 0 Å². The number of nitrogens with one attached hydrogen (secondary N) is 1. The van der Waals surface area contributed by atoms with Crippen LogP contribution in [0.15, 0.2) is 12.5 Å². The normalized spacial score (nSPS) is 17.5. The second-order valence-corrected chi connectivity index (χ2v) is 4.09. The molecule has 2 heterocycles. The van der Waals surface area contributed by atoms with Gasteiger partial charge in [-0.3, -0.25) is 0 Å². The van der Waals surface area contributed by atoms with Crippen molar-refractivity contribution in [1.82, 2.24) is 15.3 Å². The topological polar surface area (TPSA) is 41.1 Å². The number of halogens is 1. The lowest BCUT2D eigenvalue weighted by atomic mass is 10.3. The highest BCUT2D eigenvalue weighted by molar-refractivity contribution is 14.1. The number of piperazine rings is 1. The monoisotopic (exact) mass is 290 g/mol. The highest BCUT2D eigenvalue weighted by Gasteiger charge is 2.13. The van der Waals surface area contributed by atoms with Gasteiger partial charge in [0.05, 0.1) is 3.57 Å². The van der Waals surface area contributed by atoms with E-state index >= 15 is 0 Å². The Balaban J connectivity index is 2.18. The Morgan fingerprint density at radius 3 is 2.85 bits per heavy atom. The molecule has 0 aromatic carbocycles. The summed E-state index contributed by atoms with van der Waals surface area (Å²) in [6.07, 6.45) is 3.46. The molecule has 1 aromatic heterocycles. The van der Waals surface area contributed by atoms with Crippen LogP contribution in [-0.4, -0.2) is 36.1 Å². The number of anilines is 1. The third-order valence-electron chi connectivity index (χ3n) is 2.06. The Morgan fingerprint density at radius 1 is 1.38 bits per heavy atom. The van der Waals surface area contributed by atoms with Gasteiger partial charge in [0.15, 0.2) is 0 Å². The largest absolute Gasteiger partial charge is 0.353 e. The molecule has 0 aliphatic carbocycles. The molecular formula is C8H11IN4. The van der Waals surface area contributed by atoms with Gasteiger partial charge in [0.2, 0.25) is 0 Å². The molecule has 0 spiro atoms. The van der Waals surface area contributed by atoms with Crippen molar-refractivity contribution in [3.63, 3.8) is 0 Å². The Labute approximate surface area is 90.9 Å². The summed E-state index contributed by atoms with van der Waals surface area (Å²) in [5.74, 6) is 1.07. The second kappa shape index (κ2) is 4.19. The quantitative estimate of drug-likeness (QED) is 0.764. The second-order valence-electron chi connectivity index (χ2n) is 2.93. The molecular weight excluding hydrogens is 279 g/mol. The average molecular weight is 290 g/mol. The first-order valence-corrected chi connectivity index (χ1v) is 5.37. The molecule has 1 aromatic rings. The van der Waals surface area contributed by atoms with E-state index in [1.807, 2.05) is 6.20 Å². The molecule has 4 nitrogen and oxygen atoms in total. The maximum atomic E-state index is 4.28. The zero-order chi connectivity index (χ0) is 9.10. The van der Waals surface area contributed by atoms with Gasteiger partial charge in [-0.25, -0.2) is 9.97 Å². The molecule has 1 N–H and O–H groups in total. The molecule has 1 fully saturated rings. The van der Waals surface area contributed by atoms with Crippen molar-refractivity contribution in [1.29, 1.82) is 0 Å². The summed E-state index contributed by atoms with van der Waals surface area (Å²) in [5.41, 5.74) is 0. The van der Waals surface area contributed by atoms with E-state index < -0.39 is 0 Å². The van der Waals surface area contributed by atoms with Crippen LogP contribution in [0.2, 0.25) is 0 Å². The number of hydrogen-bond acceptors (Lipinski definition) is 4. The molecule has 0 saturated carbocycles. The first kappa shape index (κ1) is 9.14. The molecule has 1 aliphatic heterocycles. The van der Waals surface area contributed by atoms with Gasteiger partial charge in [0, 0.05) is 32.4 Å². The van der Waals surface area contributed by atoms with E-state index in [1.54, 1.807) is 6.33 Å². The molecule has 1 saturated heterocycles. The molecule has 0 unspecified atom stereocenters. The number of hydrogen-bond donors (Lipinski definition) is 1. The number of rotatable bonds is 1. The van der Waals surface area contributed by atoms with Crippen molar-refractivity contribution in [2.24, 2.45) is 0 Å². The van der Waals surface area contributed by atoms with E-state index in [9.17, 15) is 0 Å². The maximum Gasteiger partial charge on any atom is 0.145 e. The zero-order valence-electron chi connectivity index (χ0n) is 7.20. The fraction of sp³-hybridized carbons (Fsp3) is 0.500. The molecule has 0 atom stereocenters. The minimum Gasteiger partial charge on any atom is -0.353 e. The van der Waals surface area contributed by atoms with E-state index in [0.717, 1.165) is 35.6 Å². The van der Waals surface area contributed by atoms with Crippen LogP contribution in [0.25, 0.3) is 0 Å². The molecule has 70 valence electrons. The summed E-state index contributed by atoms with van der Waals surface area (Å²) in [7, 11) is 0. The lowest BCUT2D eigenvalue weighted by Gasteiger charge is -2.28. The predicted molar refractivity (Wildman–Crippen MR) is 59.8 cm³/mol. The smallest absolute Gasteiger partial charge is 0.145 e. The van der Waals surface area contributed by atoms with E-state index in [0.29, 0.717) is 0 Å². The Hall–Kier alpha value is -0.430. The molecule has 13 heavy (non-hydrogen) atoms. The minimum atomic E-state index is 1.03. The summed E-state index contributed by atoms with van der Waals surface area (Å²) in [5, 5.41) is 3.32. The van der Waals surface area contributed by atoms with Crippen LogP contribution in [0.3, 0.4) is 0 Å². The van der Waals surface area contributed by atoms with Gasteiger partial charge in [-0.15, -0.1) is 0 Å². The first-order chi connectivity index (χ1) is 6.38. The fourth-order valence-corrected chi connectivity index (χ4v) is 2.06. The van der Waals surface area contributed by atoms with Crippen LogP contribution in [0, 0.1) is 3.57 Å². The van der Waals surface area contributed by atoms with Gasteiger partial charge >= 0.3 is 0 Å². The number of aromatic nitrogens is 2. The third-order valence-corrected chi connectivity index (χ3v) is 2.83. The fourth-order valence-electron chi connectivity index (χ4n) is 1.42. The van der Waals surface area contributed by atoms with Gasteiger partial charge in [-0.1, -0.05) is 0 Å². The molecule has 0 radical (unpaired) electrons. The minimum absolute atomic E-state index is 1.03.